The van der Waals surface area contributed by atoms with Crippen molar-refractivity contribution >= 4 is 49.0 Å². The molecule has 0 fully saturated rings. The lowest BCUT2D eigenvalue weighted by Gasteiger charge is -2.20. The molecule has 4 aromatic rings. The van der Waals surface area contributed by atoms with Gasteiger partial charge in [-0.3, -0.25) is 9.59 Å². The van der Waals surface area contributed by atoms with E-state index >= 15 is 0 Å². The van der Waals surface area contributed by atoms with Crippen molar-refractivity contribution in [1.29, 1.82) is 0 Å². The van der Waals surface area contributed by atoms with E-state index in [1.165, 1.54) is 9.95 Å². The molecule has 1 amide bonds. The van der Waals surface area contributed by atoms with E-state index in [-0.39, 0.29) is 28.5 Å². The Bertz CT molecular complexity index is 1740. The molecule has 13 heteroatoms. The SMILES string of the molecule is O=C(NC(CO)CO)c1csc2c1S(=O)(=O)N=C(c1c(O)c3ccccc3n(Cc3ccccc3)c1=O)N2. The van der Waals surface area contributed by atoms with Gasteiger partial charge in [0.05, 0.1) is 36.9 Å². The number of anilines is 1. The van der Waals surface area contributed by atoms with Crippen molar-refractivity contribution in [3.05, 3.63) is 87.0 Å². The fourth-order valence-corrected chi connectivity index (χ4v) is 6.74. The second-order valence-electron chi connectivity index (χ2n) is 8.50. The normalized spacial score (nSPS) is 14.1. The van der Waals surface area contributed by atoms with Crippen LogP contribution >= 0.6 is 11.3 Å². The van der Waals surface area contributed by atoms with Crippen LogP contribution in [0.3, 0.4) is 0 Å². The van der Waals surface area contributed by atoms with Crippen LogP contribution in [0.25, 0.3) is 10.9 Å². The summed E-state index contributed by atoms with van der Waals surface area (Å²) in [4.78, 5) is 26.0. The maximum atomic E-state index is 13.7. The minimum absolute atomic E-state index is 0.0336. The molecule has 11 nitrogen and oxygen atoms in total. The summed E-state index contributed by atoms with van der Waals surface area (Å²) in [5.74, 6) is -1.62. The maximum Gasteiger partial charge on any atom is 0.288 e. The van der Waals surface area contributed by atoms with Gasteiger partial charge in [0.25, 0.3) is 21.5 Å². The number of carbonyl (C=O) groups is 1. The number of aliphatic hydroxyl groups excluding tert-OH is 2. The Morgan fingerprint density at radius 2 is 1.76 bits per heavy atom. The molecule has 196 valence electrons. The third-order valence-corrected chi connectivity index (χ3v) is 8.42. The highest BCUT2D eigenvalue weighted by Gasteiger charge is 2.35. The number of sulfonamides is 1. The predicted octanol–water partition coefficient (Wildman–Crippen LogP) is 1.46. The van der Waals surface area contributed by atoms with Gasteiger partial charge in [0, 0.05) is 10.8 Å². The zero-order valence-electron chi connectivity index (χ0n) is 19.7. The van der Waals surface area contributed by atoms with Gasteiger partial charge in [-0.15, -0.1) is 15.7 Å². The number of amidine groups is 1. The summed E-state index contributed by atoms with van der Waals surface area (Å²) in [6.07, 6.45) is 0. The Morgan fingerprint density at radius 1 is 1.08 bits per heavy atom. The Labute approximate surface area is 220 Å². The highest BCUT2D eigenvalue weighted by Crippen LogP contribution is 2.38. The number of aromatic nitrogens is 1. The van der Waals surface area contributed by atoms with Crippen molar-refractivity contribution in [2.45, 2.75) is 17.5 Å². The molecule has 0 bridgehead atoms. The first-order valence-electron chi connectivity index (χ1n) is 11.4. The van der Waals surface area contributed by atoms with Gasteiger partial charge in [0.2, 0.25) is 0 Å². The monoisotopic (exact) mass is 554 g/mol. The number of thiophene rings is 1. The topological polar surface area (TPSA) is 170 Å². The molecule has 38 heavy (non-hydrogen) atoms. The fraction of sp³-hybridized carbons (Fsp3) is 0.160. The lowest BCUT2D eigenvalue weighted by Crippen LogP contribution is -2.40. The van der Waals surface area contributed by atoms with Gasteiger partial charge < -0.3 is 30.5 Å². The first kappa shape index (κ1) is 25.6. The molecule has 0 aliphatic carbocycles. The molecule has 5 N–H and O–H groups in total. The van der Waals surface area contributed by atoms with E-state index in [9.17, 15) is 33.3 Å². The van der Waals surface area contributed by atoms with Crippen LogP contribution in [0.15, 0.2) is 74.1 Å². The Morgan fingerprint density at radius 3 is 2.47 bits per heavy atom. The number of para-hydroxylation sites is 1. The number of fused-ring (bicyclic) bond motifs is 2. The molecular weight excluding hydrogens is 532 g/mol. The lowest BCUT2D eigenvalue weighted by molar-refractivity contribution is 0.0877. The second-order valence-corrected chi connectivity index (χ2v) is 10.9. The summed E-state index contributed by atoms with van der Waals surface area (Å²) < 4.78 is 31.7. The van der Waals surface area contributed by atoms with Gasteiger partial charge in [0.15, 0.2) is 5.84 Å². The van der Waals surface area contributed by atoms with Crippen LogP contribution < -0.4 is 16.2 Å². The van der Waals surface area contributed by atoms with Crippen molar-refractivity contribution in [1.82, 2.24) is 9.88 Å². The number of hydrogen-bond donors (Lipinski definition) is 5. The van der Waals surface area contributed by atoms with E-state index in [1.54, 1.807) is 24.3 Å². The number of amides is 1. The van der Waals surface area contributed by atoms with Crippen LogP contribution in [-0.4, -0.2) is 59.3 Å². The quantitative estimate of drug-likeness (QED) is 0.229. The molecule has 0 atom stereocenters. The lowest BCUT2D eigenvalue weighted by atomic mass is 10.1. The molecule has 2 aromatic carbocycles. The largest absolute Gasteiger partial charge is 0.506 e. The van der Waals surface area contributed by atoms with E-state index in [0.717, 1.165) is 16.9 Å². The number of pyridine rings is 1. The zero-order chi connectivity index (χ0) is 27.0. The first-order valence-corrected chi connectivity index (χ1v) is 13.7. The van der Waals surface area contributed by atoms with Gasteiger partial charge in [0.1, 0.15) is 21.2 Å². The summed E-state index contributed by atoms with van der Waals surface area (Å²) >= 11 is 0.898. The summed E-state index contributed by atoms with van der Waals surface area (Å²) in [6, 6.07) is 14.9. The molecule has 0 spiro atoms. The Hall–Kier alpha value is -4.04. The zero-order valence-corrected chi connectivity index (χ0v) is 21.3. The minimum atomic E-state index is -4.49. The molecule has 0 saturated carbocycles. The molecule has 2 aromatic heterocycles. The summed E-state index contributed by atoms with van der Waals surface area (Å²) in [5, 5.41) is 36.4. The minimum Gasteiger partial charge on any atom is -0.506 e. The van der Waals surface area contributed by atoms with Crippen LogP contribution in [0.4, 0.5) is 5.00 Å². The van der Waals surface area contributed by atoms with Crippen molar-refractivity contribution in [3.63, 3.8) is 0 Å². The molecule has 1 aliphatic rings. The molecule has 0 unspecified atom stereocenters. The third kappa shape index (κ3) is 4.45. The number of nitrogens with zero attached hydrogens (tertiary/aromatic N) is 2. The van der Waals surface area contributed by atoms with E-state index in [1.807, 2.05) is 30.3 Å². The van der Waals surface area contributed by atoms with Crippen molar-refractivity contribution in [3.8, 4) is 5.75 Å². The van der Waals surface area contributed by atoms with Crippen LogP contribution in [0.5, 0.6) is 5.75 Å². The summed E-state index contributed by atoms with van der Waals surface area (Å²) in [6.45, 7) is -0.921. The van der Waals surface area contributed by atoms with Gasteiger partial charge in [-0.05, 0) is 17.7 Å². The van der Waals surface area contributed by atoms with E-state index in [0.29, 0.717) is 10.9 Å². The van der Waals surface area contributed by atoms with Crippen LogP contribution in [0, 0.1) is 0 Å². The Balaban J connectivity index is 1.63. The number of rotatable bonds is 7. The van der Waals surface area contributed by atoms with Crippen molar-refractivity contribution in [2.24, 2.45) is 4.40 Å². The molecule has 0 radical (unpaired) electrons. The number of benzene rings is 2. The molecular formula is C25H22N4O7S2. The van der Waals surface area contributed by atoms with Crippen molar-refractivity contribution < 1.29 is 28.5 Å². The van der Waals surface area contributed by atoms with E-state index in [2.05, 4.69) is 15.0 Å². The highest BCUT2D eigenvalue weighted by molar-refractivity contribution is 7.90. The molecule has 5 rings (SSSR count). The standard InChI is InChI=1S/C25H22N4O7S2/c30-11-15(12-31)26-23(33)17-13-37-24-21(17)38(35,36)28-22(27-24)19-20(32)16-8-4-5-9-18(16)29(25(19)34)10-14-6-2-1-3-7-14/h1-9,13,15,30-32H,10-12H2,(H,26,33)(H,27,28). The van der Waals surface area contributed by atoms with Gasteiger partial charge in [-0.25, -0.2) is 0 Å². The van der Waals surface area contributed by atoms with Crippen LogP contribution in [0.1, 0.15) is 21.5 Å². The summed E-state index contributed by atoms with van der Waals surface area (Å²) in [5.41, 5.74) is 0.0753. The highest BCUT2D eigenvalue weighted by atomic mass is 32.2. The van der Waals surface area contributed by atoms with Crippen LogP contribution in [-0.2, 0) is 16.6 Å². The number of carbonyl (C=O) groups excluding carboxylic acids is 1. The number of aliphatic hydroxyl groups is 2. The molecule has 3 heterocycles. The first-order chi connectivity index (χ1) is 18.2. The predicted molar refractivity (Wildman–Crippen MR) is 143 cm³/mol. The Kier molecular flexibility index (Phi) is 6.75. The number of hydrogen-bond acceptors (Lipinski definition) is 9. The smallest absolute Gasteiger partial charge is 0.288 e. The third-order valence-electron chi connectivity index (χ3n) is 6.03. The number of aromatic hydroxyl groups is 1. The summed E-state index contributed by atoms with van der Waals surface area (Å²) in [7, 11) is -4.49. The van der Waals surface area contributed by atoms with E-state index < -0.39 is 51.4 Å². The van der Waals surface area contributed by atoms with Gasteiger partial charge in [-0.2, -0.15) is 8.42 Å². The van der Waals surface area contributed by atoms with Gasteiger partial charge >= 0.3 is 0 Å². The van der Waals surface area contributed by atoms with E-state index in [4.69, 9.17) is 0 Å². The van der Waals surface area contributed by atoms with Crippen molar-refractivity contribution in [2.75, 3.05) is 18.5 Å². The van der Waals surface area contributed by atoms with Gasteiger partial charge in [-0.1, -0.05) is 42.5 Å². The average molecular weight is 555 g/mol. The maximum absolute atomic E-state index is 13.7. The molecule has 0 saturated heterocycles. The second kappa shape index (κ2) is 10.0. The van der Waals surface area contributed by atoms with Crippen LogP contribution in [0.2, 0.25) is 0 Å². The fourth-order valence-electron chi connectivity index (χ4n) is 4.19. The molecule has 1 aliphatic heterocycles. The number of nitrogens with one attached hydrogen (secondary N) is 2. The average Bonchev–Trinajstić information content (AvgIpc) is 3.35.